The number of hydrogen-bond donors (Lipinski definition) is 2. The molecular formula is C21H32O4. The van der Waals surface area contributed by atoms with Crippen LogP contribution in [0.2, 0.25) is 0 Å². The fourth-order valence-corrected chi connectivity index (χ4v) is 7.63. The zero-order valence-electron chi connectivity index (χ0n) is 15.8. The molecule has 0 heterocycles. The van der Waals surface area contributed by atoms with E-state index in [-0.39, 0.29) is 40.8 Å². The van der Waals surface area contributed by atoms with E-state index in [0.29, 0.717) is 18.8 Å². The second kappa shape index (κ2) is 5.39. The maximum Gasteiger partial charge on any atom is 0.161 e. The van der Waals surface area contributed by atoms with Crippen LogP contribution in [0.1, 0.15) is 72.1 Å². The summed E-state index contributed by atoms with van der Waals surface area (Å²) in [6, 6.07) is 0. The van der Waals surface area contributed by atoms with Gasteiger partial charge in [-0.2, -0.15) is 0 Å². The molecule has 0 aromatic rings. The first kappa shape index (κ1) is 17.7. The topological polar surface area (TPSA) is 74.6 Å². The number of aliphatic hydroxyl groups excluding tert-OH is 1. The third kappa shape index (κ3) is 2.13. The molecule has 0 amide bonds. The lowest BCUT2D eigenvalue weighted by Crippen LogP contribution is -2.61. The summed E-state index contributed by atoms with van der Waals surface area (Å²) in [6.45, 7) is 5.73. The summed E-state index contributed by atoms with van der Waals surface area (Å²) < 4.78 is 0. The van der Waals surface area contributed by atoms with E-state index < -0.39 is 11.0 Å². The molecule has 4 aliphatic rings. The highest BCUT2D eigenvalue weighted by Crippen LogP contribution is 2.67. The van der Waals surface area contributed by atoms with Gasteiger partial charge in [0.05, 0.1) is 6.10 Å². The van der Waals surface area contributed by atoms with Gasteiger partial charge in [0.2, 0.25) is 0 Å². The largest absolute Gasteiger partial charge is 0.393 e. The molecule has 0 saturated heterocycles. The van der Waals surface area contributed by atoms with Crippen molar-refractivity contribution in [1.82, 2.24) is 0 Å². The molecule has 2 N–H and O–H groups in total. The van der Waals surface area contributed by atoms with Crippen LogP contribution in [0, 0.1) is 34.5 Å². The minimum atomic E-state index is -1.33. The predicted octanol–water partition coefficient (Wildman–Crippen LogP) is 2.89. The molecule has 8 atom stereocenters. The first-order valence-electron chi connectivity index (χ1n) is 10.1. The quantitative estimate of drug-likeness (QED) is 0.764. The molecule has 0 bridgehead atoms. The van der Waals surface area contributed by atoms with Crippen molar-refractivity contribution in [2.75, 3.05) is 0 Å². The van der Waals surface area contributed by atoms with Crippen LogP contribution in [-0.4, -0.2) is 33.5 Å². The van der Waals surface area contributed by atoms with Gasteiger partial charge in [0.15, 0.2) is 5.78 Å². The molecule has 4 nitrogen and oxygen atoms in total. The molecule has 4 rings (SSSR count). The van der Waals surface area contributed by atoms with Crippen molar-refractivity contribution in [3.63, 3.8) is 0 Å². The maximum atomic E-state index is 13.3. The van der Waals surface area contributed by atoms with Gasteiger partial charge in [-0.25, -0.2) is 0 Å². The minimum absolute atomic E-state index is 0.0164. The van der Waals surface area contributed by atoms with E-state index in [9.17, 15) is 19.8 Å². The van der Waals surface area contributed by atoms with Gasteiger partial charge in [0.25, 0.3) is 0 Å². The molecule has 4 saturated carbocycles. The number of ketones is 2. The highest BCUT2D eigenvalue weighted by Gasteiger charge is 2.68. The maximum absolute atomic E-state index is 13.3. The van der Waals surface area contributed by atoms with E-state index in [1.807, 2.05) is 6.92 Å². The van der Waals surface area contributed by atoms with E-state index in [1.54, 1.807) is 0 Å². The van der Waals surface area contributed by atoms with E-state index >= 15 is 0 Å². The monoisotopic (exact) mass is 348 g/mol. The lowest BCUT2D eigenvalue weighted by molar-refractivity contribution is -0.178. The second-order valence-corrected chi connectivity index (χ2v) is 9.97. The van der Waals surface area contributed by atoms with Gasteiger partial charge in [0.1, 0.15) is 11.4 Å². The lowest BCUT2D eigenvalue weighted by Gasteiger charge is -2.60. The van der Waals surface area contributed by atoms with Crippen LogP contribution >= 0.6 is 0 Å². The highest BCUT2D eigenvalue weighted by atomic mass is 16.3. The van der Waals surface area contributed by atoms with Gasteiger partial charge in [-0.3, -0.25) is 9.59 Å². The predicted molar refractivity (Wildman–Crippen MR) is 93.8 cm³/mol. The molecule has 0 spiro atoms. The smallest absolute Gasteiger partial charge is 0.161 e. The Bertz CT molecular complexity index is 615. The second-order valence-electron chi connectivity index (χ2n) is 9.97. The Hall–Kier alpha value is -0.740. The Morgan fingerprint density at radius 1 is 1.12 bits per heavy atom. The molecule has 0 aromatic heterocycles. The number of rotatable bonds is 1. The van der Waals surface area contributed by atoms with Crippen molar-refractivity contribution in [3.05, 3.63) is 0 Å². The fraction of sp³-hybridized carbons (Fsp3) is 0.905. The van der Waals surface area contributed by atoms with Crippen LogP contribution in [0.5, 0.6) is 0 Å². The average molecular weight is 348 g/mol. The van der Waals surface area contributed by atoms with Crippen LogP contribution < -0.4 is 0 Å². The van der Waals surface area contributed by atoms with Crippen LogP contribution in [0.25, 0.3) is 0 Å². The summed E-state index contributed by atoms with van der Waals surface area (Å²) in [5.74, 6) is 1.10. The Balaban J connectivity index is 1.71. The van der Waals surface area contributed by atoms with E-state index in [2.05, 4.69) is 6.92 Å². The van der Waals surface area contributed by atoms with Crippen LogP contribution in [0.15, 0.2) is 0 Å². The number of carbonyl (C=O) groups is 2. The van der Waals surface area contributed by atoms with Crippen molar-refractivity contribution in [1.29, 1.82) is 0 Å². The normalized spacial score (nSPS) is 55.2. The molecule has 4 fully saturated rings. The molecule has 0 aliphatic heterocycles. The SMILES string of the molecule is CC(=O)[C@@]1(O)CC[C@H]2[C@@H]3CC[C@H]4C[C@@H](O)CC[C@]4(C)[C@H]3C(=O)C[C@@]21C. The standard InChI is InChI=1S/C21H32O4/c1-12(22)21(25)9-7-16-15-5-4-13-10-14(23)6-8-19(13,2)18(15)17(24)11-20(16,21)3/h13-16,18,23,25H,4-11H2,1-3H3/t13-,14-,15-,16-,18+,19-,20-,21-/m0/s1. The van der Waals surface area contributed by atoms with Gasteiger partial charge < -0.3 is 10.2 Å². The van der Waals surface area contributed by atoms with Gasteiger partial charge in [-0.1, -0.05) is 13.8 Å². The van der Waals surface area contributed by atoms with Crippen molar-refractivity contribution in [2.24, 2.45) is 34.5 Å². The number of fused-ring (bicyclic) bond motifs is 5. The van der Waals surface area contributed by atoms with Gasteiger partial charge in [-0.15, -0.1) is 0 Å². The highest BCUT2D eigenvalue weighted by molar-refractivity contribution is 5.90. The van der Waals surface area contributed by atoms with Gasteiger partial charge >= 0.3 is 0 Å². The number of hydrogen-bond acceptors (Lipinski definition) is 4. The Kier molecular flexibility index (Phi) is 3.81. The van der Waals surface area contributed by atoms with Crippen LogP contribution in [0.4, 0.5) is 0 Å². The average Bonchev–Trinajstić information content (AvgIpc) is 2.80. The van der Waals surface area contributed by atoms with E-state index in [1.165, 1.54) is 6.92 Å². The molecular weight excluding hydrogens is 316 g/mol. The lowest BCUT2D eigenvalue weighted by atomic mass is 9.44. The molecule has 0 radical (unpaired) electrons. The summed E-state index contributed by atoms with van der Waals surface area (Å²) in [4.78, 5) is 25.6. The molecule has 0 unspecified atom stereocenters. The number of carbonyl (C=O) groups excluding carboxylic acids is 2. The first-order valence-corrected chi connectivity index (χ1v) is 10.1. The van der Waals surface area contributed by atoms with E-state index in [0.717, 1.165) is 38.5 Å². The zero-order chi connectivity index (χ0) is 18.2. The number of Topliss-reactive ketones (excluding diaryl/α,β-unsaturated/α-hetero) is 2. The van der Waals surface area contributed by atoms with Crippen molar-refractivity contribution in [3.8, 4) is 0 Å². The fourth-order valence-electron chi connectivity index (χ4n) is 7.63. The van der Waals surface area contributed by atoms with Gasteiger partial charge in [0, 0.05) is 17.8 Å². The molecule has 25 heavy (non-hydrogen) atoms. The minimum Gasteiger partial charge on any atom is -0.393 e. The first-order chi connectivity index (χ1) is 11.6. The van der Waals surface area contributed by atoms with Crippen LogP contribution in [-0.2, 0) is 9.59 Å². The Morgan fingerprint density at radius 2 is 1.84 bits per heavy atom. The Morgan fingerprint density at radius 3 is 2.52 bits per heavy atom. The third-order valence-corrected chi connectivity index (χ3v) is 9.06. The number of aliphatic hydroxyl groups is 2. The molecule has 140 valence electrons. The zero-order valence-corrected chi connectivity index (χ0v) is 15.8. The van der Waals surface area contributed by atoms with Crippen molar-refractivity contribution in [2.45, 2.75) is 83.8 Å². The van der Waals surface area contributed by atoms with Crippen molar-refractivity contribution >= 4 is 11.6 Å². The van der Waals surface area contributed by atoms with Crippen LogP contribution in [0.3, 0.4) is 0 Å². The molecule has 4 heteroatoms. The molecule has 4 aliphatic carbocycles. The third-order valence-electron chi connectivity index (χ3n) is 9.06. The van der Waals surface area contributed by atoms with Gasteiger partial charge in [-0.05, 0) is 75.0 Å². The summed E-state index contributed by atoms with van der Waals surface area (Å²) in [6.07, 6.45) is 6.07. The summed E-state index contributed by atoms with van der Waals surface area (Å²) in [5, 5.41) is 21.2. The summed E-state index contributed by atoms with van der Waals surface area (Å²) in [5.41, 5.74) is -1.95. The molecule has 0 aromatic carbocycles. The van der Waals surface area contributed by atoms with Crippen molar-refractivity contribution < 1.29 is 19.8 Å². The summed E-state index contributed by atoms with van der Waals surface area (Å²) >= 11 is 0. The summed E-state index contributed by atoms with van der Waals surface area (Å²) in [7, 11) is 0. The Labute approximate surface area is 150 Å². The van der Waals surface area contributed by atoms with E-state index in [4.69, 9.17) is 0 Å².